The molecule has 0 bridgehead atoms. The van der Waals surface area contributed by atoms with Crippen LogP contribution in [0.25, 0.3) is 0 Å². The van der Waals surface area contributed by atoms with Gasteiger partial charge in [0.15, 0.2) is 0 Å². The summed E-state index contributed by atoms with van der Waals surface area (Å²) in [6.07, 6.45) is 2.19. The molecule has 4 heteroatoms. The highest BCUT2D eigenvalue weighted by Crippen LogP contribution is 2.42. The molecule has 0 amide bonds. The third-order valence-corrected chi connectivity index (χ3v) is 4.44. The monoisotopic (exact) mass is 296 g/mol. The summed E-state index contributed by atoms with van der Waals surface area (Å²) in [4.78, 5) is 2.28. The van der Waals surface area contributed by atoms with E-state index in [1.807, 2.05) is 0 Å². The largest absolute Gasteiger partial charge is 0.490 e. The average molecular weight is 297 g/mol. The highest BCUT2D eigenvalue weighted by atomic mass is 79.9. The van der Waals surface area contributed by atoms with Gasteiger partial charge in [0.1, 0.15) is 12.4 Å². The Balaban J connectivity index is 2.14. The van der Waals surface area contributed by atoms with Gasteiger partial charge in [0.2, 0.25) is 0 Å². The Labute approximate surface area is 110 Å². The summed E-state index contributed by atoms with van der Waals surface area (Å²) < 4.78 is 7.02. The second-order valence-corrected chi connectivity index (χ2v) is 5.49. The van der Waals surface area contributed by atoms with Crippen LogP contribution in [0.5, 0.6) is 5.75 Å². The normalized spacial score (nSPS) is 19.1. The summed E-state index contributed by atoms with van der Waals surface area (Å²) in [5.74, 6) is 1.03. The first-order valence-electron chi connectivity index (χ1n) is 6.16. The van der Waals surface area contributed by atoms with E-state index in [9.17, 15) is 0 Å². The molecule has 2 aliphatic heterocycles. The fourth-order valence-electron chi connectivity index (χ4n) is 2.63. The molecule has 2 heterocycles. The van der Waals surface area contributed by atoms with Crippen LogP contribution in [0.3, 0.4) is 0 Å². The number of halogens is 1. The molecule has 0 fully saturated rings. The van der Waals surface area contributed by atoms with E-state index < -0.39 is 0 Å². The van der Waals surface area contributed by atoms with Crippen molar-refractivity contribution in [1.82, 2.24) is 5.32 Å². The molecule has 2 aliphatic rings. The van der Waals surface area contributed by atoms with Gasteiger partial charge in [-0.05, 0) is 59.1 Å². The van der Waals surface area contributed by atoms with Crippen LogP contribution in [0.2, 0.25) is 0 Å². The number of ether oxygens (including phenoxy) is 1. The number of benzene rings is 1. The molecule has 1 N–H and O–H groups in total. The van der Waals surface area contributed by atoms with Crippen LogP contribution >= 0.6 is 15.9 Å². The van der Waals surface area contributed by atoms with Gasteiger partial charge in [0, 0.05) is 11.5 Å². The number of nitrogens with zero attached hydrogens (tertiary/aromatic N) is 1. The van der Waals surface area contributed by atoms with Crippen LogP contribution in [0.4, 0.5) is 5.69 Å². The maximum atomic E-state index is 5.79. The van der Waals surface area contributed by atoms with Crippen LogP contribution in [-0.2, 0) is 12.8 Å². The number of fused-ring (bicyclic) bond motifs is 2. The predicted molar refractivity (Wildman–Crippen MR) is 73.2 cm³/mol. The summed E-state index contributed by atoms with van der Waals surface area (Å²) in [7, 11) is 2.13. The minimum Gasteiger partial charge on any atom is -0.490 e. The third-order valence-electron chi connectivity index (χ3n) is 3.59. The third kappa shape index (κ3) is 1.93. The van der Waals surface area contributed by atoms with Crippen molar-refractivity contribution >= 4 is 21.6 Å². The van der Waals surface area contributed by atoms with E-state index in [0.717, 1.165) is 44.8 Å². The summed E-state index contributed by atoms with van der Waals surface area (Å²) >= 11 is 3.78. The molecule has 0 aromatic heterocycles. The molecule has 0 aliphatic carbocycles. The Bertz CT molecular complexity index is 448. The van der Waals surface area contributed by atoms with Crippen molar-refractivity contribution in [3.63, 3.8) is 0 Å². The summed E-state index contributed by atoms with van der Waals surface area (Å²) in [5.41, 5.74) is 4.10. The minimum absolute atomic E-state index is 0.785. The predicted octanol–water partition coefficient (Wildman–Crippen LogP) is 1.97. The van der Waals surface area contributed by atoms with Crippen molar-refractivity contribution in [2.45, 2.75) is 12.8 Å². The molecule has 0 atom stereocenters. The highest BCUT2D eigenvalue weighted by Gasteiger charge is 2.23. The van der Waals surface area contributed by atoms with Gasteiger partial charge in [0.05, 0.1) is 12.2 Å². The molecule has 1 aromatic carbocycles. The van der Waals surface area contributed by atoms with E-state index >= 15 is 0 Å². The Morgan fingerprint density at radius 3 is 3.06 bits per heavy atom. The van der Waals surface area contributed by atoms with Gasteiger partial charge < -0.3 is 15.0 Å². The van der Waals surface area contributed by atoms with Gasteiger partial charge in [-0.2, -0.15) is 0 Å². The first kappa shape index (κ1) is 11.4. The van der Waals surface area contributed by atoms with Gasteiger partial charge in [-0.15, -0.1) is 0 Å². The SMILES string of the molecule is CN1CCOc2cc3c(c(Br)c21)CCNCC3. The Hall–Kier alpha value is -0.740. The number of rotatable bonds is 0. The van der Waals surface area contributed by atoms with Gasteiger partial charge in [0.25, 0.3) is 0 Å². The number of anilines is 1. The first-order chi connectivity index (χ1) is 8.27. The second-order valence-electron chi connectivity index (χ2n) is 4.69. The van der Waals surface area contributed by atoms with E-state index in [2.05, 4.69) is 39.3 Å². The number of hydrogen-bond donors (Lipinski definition) is 1. The van der Waals surface area contributed by atoms with Crippen molar-refractivity contribution in [2.24, 2.45) is 0 Å². The molecule has 0 unspecified atom stereocenters. The van der Waals surface area contributed by atoms with E-state index in [4.69, 9.17) is 4.74 Å². The molecule has 3 rings (SSSR count). The lowest BCUT2D eigenvalue weighted by Crippen LogP contribution is -2.29. The molecular weight excluding hydrogens is 280 g/mol. The Kier molecular flexibility index (Phi) is 3.01. The molecule has 0 saturated carbocycles. The van der Waals surface area contributed by atoms with E-state index in [1.165, 1.54) is 21.3 Å². The topological polar surface area (TPSA) is 24.5 Å². The smallest absolute Gasteiger partial charge is 0.144 e. The number of hydrogen-bond acceptors (Lipinski definition) is 3. The average Bonchev–Trinajstić information content (AvgIpc) is 2.54. The summed E-state index contributed by atoms with van der Waals surface area (Å²) in [6, 6.07) is 2.23. The maximum absolute atomic E-state index is 5.79. The van der Waals surface area contributed by atoms with Gasteiger partial charge in [-0.1, -0.05) is 0 Å². The molecular formula is C13H17BrN2O. The Morgan fingerprint density at radius 2 is 2.18 bits per heavy atom. The fourth-order valence-corrected chi connectivity index (χ4v) is 3.58. The van der Waals surface area contributed by atoms with E-state index in [1.54, 1.807) is 0 Å². The van der Waals surface area contributed by atoms with Crippen molar-refractivity contribution in [2.75, 3.05) is 38.2 Å². The second kappa shape index (κ2) is 4.50. The van der Waals surface area contributed by atoms with Crippen LogP contribution < -0.4 is 15.0 Å². The maximum Gasteiger partial charge on any atom is 0.144 e. The minimum atomic E-state index is 0.785. The van der Waals surface area contributed by atoms with Gasteiger partial charge in [-0.3, -0.25) is 0 Å². The van der Waals surface area contributed by atoms with Crippen LogP contribution in [-0.4, -0.2) is 33.3 Å². The quantitative estimate of drug-likeness (QED) is 0.792. The molecule has 92 valence electrons. The molecule has 0 radical (unpaired) electrons. The zero-order valence-corrected chi connectivity index (χ0v) is 11.6. The van der Waals surface area contributed by atoms with Crippen LogP contribution in [0.15, 0.2) is 10.5 Å². The van der Waals surface area contributed by atoms with Gasteiger partial charge in [-0.25, -0.2) is 0 Å². The zero-order valence-electron chi connectivity index (χ0n) is 10.1. The number of likely N-dealkylation sites (N-methyl/N-ethyl adjacent to an activating group) is 1. The molecule has 0 spiro atoms. The molecule has 3 nitrogen and oxygen atoms in total. The fraction of sp³-hybridized carbons (Fsp3) is 0.538. The lowest BCUT2D eigenvalue weighted by molar-refractivity contribution is 0.310. The lowest BCUT2D eigenvalue weighted by Gasteiger charge is -2.30. The van der Waals surface area contributed by atoms with E-state index in [-0.39, 0.29) is 0 Å². The Morgan fingerprint density at radius 1 is 1.35 bits per heavy atom. The van der Waals surface area contributed by atoms with Crippen molar-refractivity contribution in [3.05, 3.63) is 21.7 Å². The number of nitrogens with one attached hydrogen (secondary N) is 1. The van der Waals surface area contributed by atoms with Gasteiger partial charge >= 0.3 is 0 Å². The van der Waals surface area contributed by atoms with Crippen LogP contribution in [0, 0.1) is 0 Å². The van der Waals surface area contributed by atoms with E-state index in [0.29, 0.717) is 0 Å². The van der Waals surface area contributed by atoms with Crippen molar-refractivity contribution in [1.29, 1.82) is 0 Å². The first-order valence-corrected chi connectivity index (χ1v) is 6.95. The summed E-state index contributed by atoms with van der Waals surface area (Å²) in [6.45, 7) is 3.87. The molecule has 17 heavy (non-hydrogen) atoms. The molecule has 1 aromatic rings. The van der Waals surface area contributed by atoms with Crippen LogP contribution in [0.1, 0.15) is 11.1 Å². The zero-order chi connectivity index (χ0) is 11.8. The molecule has 0 saturated heterocycles. The lowest BCUT2D eigenvalue weighted by atomic mass is 10.0. The highest BCUT2D eigenvalue weighted by molar-refractivity contribution is 9.10. The standard InChI is InChI=1S/C13H17BrN2O/c1-16-6-7-17-11-8-9-2-4-15-5-3-10(9)12(14)13(11)16/h8,15H,2-7H2,1H3. The van der Waals surface area contributed by atoms with Crippen molar-refractivity contribution in [3.8, 4) is 5.75 Å². The summed E-state index contributed by atoms with van der Waals surface area (Å²) in [5, 5.41) is 3.45. The van der Waals surface area contributed by atoms with Crippen molar-refractivity contribution < 1.29 is 4.74 Å².